The predicted octanol–water partition coefficient (Wildman–Crippen LogP) is 5.09. The van der Waals surface area contributed by atoms with E-state index in [1.807, 2.05) is 39.0 Å². The number of para-hydroxylation sites is 1. The van der Waals surface area contributed by atoms with Gasteiger partial charge in [0.15, 0.2) is 6.10 Å². The number of benzene rings is 2. The topological polar surface area (TPSA) is 55.4 Å². The van der Waals surface area contributed by atoms with Crippen LogP contribution in [0.3, 0.4) is 0 Å². The van der Waals surface area contributed by atoms with E-state index in [0.29, 0.717) is 5.69 Å². The Morgan fingerprint density at radius 1 is 1.12 bits per heavy atom. The van der Waals surface area contributed by atoms with Crippen LogP contribution >= 0.6 is 11.6 Å². The molecule has 0 radical (unpaired) electrons. The normalized spacial score (nSPS) is 12.0. The molecule has 1 atom stereocenters. The Morgan fingerprint density at radius 3 is 2.38 bits per heavy atom. The van der Waals surface area contributed by atoms with Gasteiger partial charge in [-0.05, 0) is 43.0 Å². The number of anilines is 1. The Bertz CT molecular complexity index is 816. The van der Waals surface area contributed by atoms with Crippen LogP contribution in [-0.4, -0.2) is 18.0 Å². The standard InChI is InChI=1S/C20H21ClFNO3/c1-11(2)14-8-5-7-12(3)18(14)23-19(24)13(4)26-20(25)17-15(21)9-6-10-16(17)22/h5-11,13H,1-4H3,(H,23,24)/t13-/m0/s1. The monoisotopic (exact) mass is 377 g/mol. The lowest BCUT2D eigenvalue weighted by atomic mass is 9.98. The quantitative estimate of drug-likeness (QED) is 0.738. The Kier molecular flexibility index (Phi) is 6.37. The second-order valence-corrected chi connectivity index (χ2v) is 6.73. The van der Waals surface area contributed by atoms with Crippen LogP contribution in [0.4, 0.5) is 10.1 Å². The maximum atomic E-state index is 13.8. The number of esters is 1. The summed E-state index contributed by atoms with van der Waals surface area (Å²) in [4.78, 5) is 24.6. The van der Waals surface area contributed by atoms with Crippen LogP contribution in [-0.2, 0) is 9.53 Å². The van der Waals surface area contributed by atoms with Gasteiger partial charge in [-0.3, -0.25) is 4.79 Å². The fraction of sp³-hybridized carbons (Fsp3) is 0.300. The summed E-state index contributed by atoms with van der Waals surface area (Å²) in [6.07, 6.45) is -1.11. The van der Waals surface area contributed by atoms with Gasteiger partial charge in [-0.2, -0.15) is 0 Å². The molecule has 0 saturated carbocycles. The SMILES string of the molecule is Cc1cccc(C(C)C)c1NC(=O)[C@H](C)OC(=O)c1c(F)cccc1Cl. The maximum Gasteiger partial charge on any atom is 0.343 e. The van der Waals surface area contributed by atoms with Gasteiger partial charge in [-0.25, -0.2) is 9.18 Å². The molecular weight excluding hydrogens is 357 g/mol. The number of hydrogen-bond acceptors (Lipinski definition) is 3. The Labute approximate surface area is 157 Å². The molecule has 0 heterocycles. The van der Waals surface area contributed by atoms with Crippen molar-refractivity contribution in [2.75, 3.05) is 5.32 Å². The molecule has 0 aliphatic rings. The van der Waals surface area contributed by atoms with Crippen molar-refractivity contribution < 1.29 is 18.7 Å². The zero-order valence-corrected chi connectivity index (χ0v) is 15.9. The van der Waals surface area contributed by atoms with Gasteiger partial charge in [0.05, 0.1) is 5.02 Å². The van der Waals surface area contributed by atoms with Crippen LogP contribution in [0.5, 0.6) is 0 Å². The van der Waals surface area contributed by atoms with E-state index >= 15 is 0 Å². The average Bonchev–Trinajstić information content (AvgIpc) is 2.56. The van der Waals surface area contributed by atoms with Gasteiger partial charge in [0.1, 0.15) is 11.4 Å². The van der Waals surface area contributed by atoms with E-state index in [-0.39, 0.29) is 16.5 Å². The first-order valence-corrected chi connectivity index (χ1v) is 8.65. The minimum atomic E-state index is -1.11. The highest BCUT2D eigenvalue weighted by molar-refractivity contribution is 6.33. The summed E-state index contributed by atoms with van der Waals surface area (Å²) in [5.41, 5.74) is 2.20. The van der Waals surface area contributed by atoms with Gasteiger partial charge in [-0.1, -0.05) is 49.7 Å². The van der Waals surface area contributed by atoms with E-state index in [4.69, 9.17) is 16.3 Å². The van der Waals surface area contributed by atoms with Gasteiger partial charge in [0.2, 0.25) is 0 Å². The Balaban J connectivity index is 2.15. The number of aryl methyl sites for hydroxylation is 1. The van der Waals surface area contributed by atoms with Crippen molar-refractivity contribution in [3.8, 4) is 0 Å². The molecule has 0 aliphatic carbocycles. The molecule has 0 aromatic heterocycles. The van der Waals surface area contributed by atoms with Crippen molar-refractivity contribution in [2.45, 2.75) is 39.7 Å². The number of carbonyl (C=O) groups is 2. The first kappa shape index (κ1) is 19.9. The molecule has 0 aliphatic heterocycles. The van der Waals surface area contributed by atoms with Crippen LogP contribution in [0, 0.1) is 12.7 Å². The second-order valence-electron chi connectivity index (χ2n) is 6.33. The molecule has 0 spiro atoms. The number of halogens is 2. The van der Waals surface area contributed by atoms with Crippen LogP contribution in [0.25, 0.3) is 0 Å². The van der Waals surface area contributed by atoms with Crippen molar-refractivity contribution in [3.63, 3.8) is 0 Å². The molecule has 138 valence electrons. The van der Waals surface area contributed by atoms with Crippen molar-refractivity contribution >= 4 is 29.2 Å². The van der Waals surface area contributed by atoms with E-state index in [0.717, 1.165) is 17.2 Å². The molecule has 2 aromatic carbocycles. The summed E-state index contributed by atoms with van der Waals surface area (Å²) in [5, 5.41) is 2.74. The van der Waals surface area contributed by atoms with E-state index in [2.05, 4.69) is 5.32 Å². The highest BCUT2D eigenvalue weighted by Crippen LogP contribution is 2.28. The van der Waals surface area contributed by atoms with E-state index < -0.39 is 23.8 Å². The van der Waals surface area contributed by atoms with E-state index in [1.165, 1.54) is 19.1 Å². The fourth-order valence-corrected chi connectivity index (χ4v) is 2.77. The number of hydrogen-bond donors (Lipinski definition) is 1. The lowest BCUT2D eigenvalue weighted by molar-refractivity contribution is -0.123. The lowest BCUT2D eigenvalue weighted by Gasteiger charge is -2.19. The molecule has 26 heavy (non-hydrogen) atoms. The molecule has 1 N–H and O–H groups in total. The lowest BCUT2D eigenvalue weighted by Crippen LogP contribution is -2.31. The van der Waals surface area contributed by atoms with Crippen LogP contribution in [0.1, 0.15) is 48.2 Å². The molecule has 0 saturated heterocycles. The van der Waals surface area contributed by atoms with Gasteiger partial charge in [-0.15, -0.1) is 0 Å². The average molecular weight is 378 g/mol. The largest absolute Gasteiger partial charge is 0.449 e. The molecule has 2 rings (SSSR count). The third-order valence-electron chi connectivity index (χ3n) is 4.00. The maximum absolute atomic E-state index is 13.8. The molecule has 0 bridgehead atoms. The number of nitrogens with one attached hydrogen (secondary N) is 1. The molecule has 4 nitrogen and oxygen atoms in total. The third-order valence-corrected chi connectivity index (χ3v) is 4.31. The van der Waals surface area contributed by atoms with Crippen molar-refractivity contribution in [3.05, 3.63) is 63.9 Å². The summed E-state index contributed by atoms with van der Waals surface area (Å²) in [7, 11) is 0. The smallest absolute Gasteiger partial charge is 0.343 e. The van der Waals surface area contributed by atoms with Crippen molar-refractivity contribution in [1.29, 1.82) is 0 Å². The minimum Gasteiger partial charge on any atom is -0.449 e. The molecule has 1 amide bonds. The Morgan fingerprint density at radius 2 is 1.77 bits per heavy atom. The van der Waals surface area contributed by atoms with Gasteiger partial charge < -0.3 is 10.1 Å². The number of ether oxygens (including phenoxy) is 1. The van der Waals surface area contributed by atoms with E-state index in [1.54, 1.807) is 0 Å². The highest BCUT2D eigenvalue weighted by atomic mass is 35.5. The molecule has 2 aromatic rings. The Hall–Kier alpha value is -2.40. The number of rotatable bonds is 5. The zero-order valence-electron chi connectivity index (χ0n) is 15.1. The second kappa shape index (κ2) is 8.32. The van der Waals surface area contributed by atoms with Crippen LogP contribution < -0.4 is 5.32 Å². The number of amides is 1. The van der Waals surface area contributed by atoms with Crippen molar-refractivity contribution in [2.24, 2.45) is 0 Å². The van der Waals surface area contributed by atoms with Crippen LogP contribution in [0.2, 0.25) is 5.02 Å². The predicted molar refractivity (Wildman–Crippen MR) is 100 cm³/mol. The summed E-state index contributed by atoms with van der Waals surface area (Å²) >= 11 is 5.85. The summed E-state index contributed by atoms with van der Waals surface area (Å²) < 4.78 is 18.9. The van der Waals surface area contributed by atoms with Gasteiger partial charge in [0, 0.05) is 5.69 Å². The van der Waals surface area contributed by atoms with E-state index in [9.17, 15) is 14.0 Å². The highest BCUT2D eigenvalue weighted by Gasteiger charge is 2.24. The summed E-state index contributed by atoms with van der Waals surface area (Å²) in [6, 6.07) is 9.62. The summed E-state index contributed by atoms with van der Waals surface area (Å²) in [6.45, 7) is 7.36. The molecule has 6 heteroatoms. The zero-order chi connectivity index (χ0) is 19.4. The van der Waals surface area contributed by atoms with Crippen LogP contribution in [0.15, 0.2) is 36.4 Å². The van der Waals surface area contributed by atoms with Gasteiger partial charge in [0.25, 0.3) is 5.91 Å². The molecular formula is C20H21ClFNO3. The first-order chi connectivity index (χ1) is 12.2. The minimum absolute atomic E-state index is 0.0661. The molecule has 0 unspecified atom stereocenters. The summed E-state index contributed by atoms with van der Waals surface area (Å²) in [5.74, 6) is -2.07. The fourth-order valence-electron chi connectivity index (χ4n) is 2.53. The van der Waals surface area contributed by atoms with Gasteiger partial charge >= 0.3 is 5.97 Å². The first-order valence-electron chi connectivity index (χ1n) is 8.27. The molecule has 0 fully saturated rings. The number of carbonyl (C=O) groups excluding carboxylic acids is 2. The van der Waals surface area contributed by atoms with Crippen molar-refractivity contribution in [1.82, 2.24) is 0 Å². The third kappa shape index (κ3) is 4.41.